The van der Waals surface area contributed by atoms with E-state index in [1.54, 1.807) is 12.1 Å². The Labute approximate surface area is 151 Å². The Morgan fingerprint density at radius 2 is 1.73 bits per heavy atom. The SMILES string of the molecule is O=C[C@H](Cc1cccc2ccccc12)NC(=O)CCc1ccc(F)cc1. The maximum atomic E-state index is 12.9. The van der Waals surface area contributed by atoms with Gasteiger partial charge in [-0.2, -0.15) is 0 Å². The zero-order valence-electron chi connectivity index (χ0n) is 14.3. The number of carbonyl (C=O) groups excluding carboxylic acids is 2. The highest BCUT2D eigenvalue weighted by Gasteiger charge is 2.13. The summed E-state index contributed by atoms with van der Waals surface area (Å²) in [4.78, 5) is 23.6. The van der Waals surface area contributed by atoms with Crippen LogP contribution in [-0.2, 0) is 22.4 Å². The van der Waals surface area contributed by atoms with Gasteiger partial charge < -0.3 is 10.1 Å². The number of amides is 1. The molecule has 1 amide bonds. The van der Waals surface area contributed by atoms with Crippen LogP contribution < -0.4 is 5.32 Å². The first kappa shape index (κ1) is 17.8. The summed E-state index contributed by atoms with van der Waals surface area (Å²) in [5.41, 5.74) is 1.91. The molecule has 0 heterocycles. The van der Waals surface area contributed by atoms with Crippen molar-refractivity contribution in [1.29, 1.82) is 0 Å². The first-order chi connectivity index (χ1) is 12.7. The van der Waals surface area contributed by atoms with Gasteiger partial charge in [0.25, 0.3) is 0 Å². The van der Waals surface area contributed by atoms with E-state index in [1.165, 1.54) is 12.1 Å². The van der Waals surface area contributed by atoms with Gasteiger partial charge in [-0.1, -0.05) is 54.6 Å². The van der Waals surface area contributed by atoms with E-state index in [2.05, 4.69) is 5.32 Å². The van der Waals surface area contributed by atoms with E-state index in [0.29, 0.717) is 12.8 Å². The fourth-order valence-corrected chi connectivity index (χ4v) is 3.03. The molecule has 132 valence electrons. The van der Waals surface area contributed by atoms with Crippen LogP contribution >= 0.6 is 0 Å². The molecule has 3 aromatic rings. The van der Waals surface area contributed by atoms with Crippen LogP contribution in [-0.4, -0.2) is 18.2 Å². The van der Waals surface area contributed by atoms with Gasteiger partial charge >= 0.3 is 0 Å². The number of hydrogen-bond donors (Lipinski definition) is 1. The molecule has 0 radical (unpaired) electrons. The van der Waals surface area contributed by atoms with Gasteiger partial charge in [0.05, 0.1) is 6.04 Å². The molecular weight excluding hydrogens is 329 g/mol. The molecule has 0 aromatic heterocycles. The maximum Gasteiger partial charge on any atom is 0.220 e. The van der Waals surface area contributed by atoms with Crippen molar-refractivity contribution in [1.82, 2.24) is 5.32 Å². The summed E-state index contributed by atoms with van der Waals surface area (Å²) in [5, 5.41) is 4.97. The lowest BCUT2D eigenvalue weighted by molar-refractivity contribution is -0.124. The second kappa shape index (κ2) is 8.39. The van der Waals surface area contributed by atoms with Crippen LogP contribution in [0.4, 0.5) is 4.39 Å². The van der Waals surface area contributed by atoms with Gasteiger partial charge in [-0.25, -0.2) is 4.39 Å². The molecule has 0 saturated heterocycles. The van der Waals surface area contributed by atoms with Gasteiger partial charge in [0, 0.05) is 12.8 Å². The van der Waals surface area contributed by atoms with E-state index >= 15 is 0 Å². The Bertz CT molecular complexity index is 900. The minimum absolute atomic E-state index is 0.188. The first-order valence-corrected chi connectivity index (χ1v) is 8.61. The molecule has 0 bridgehead atoms. The summed E-state index contributed by atoms with van der Waals surface area (Å²) in [6.07, 6.45) is 1.99. The van der Waals surface area contributed by atoms with E-state index in [1.807, 2.05) is 42.5 Å². The number of hydrogen-bond acceptors (Lipinski definition) is 2. The Kier molecular flexibility index (Phi) is 5.74. The number of rotatable bonds is 7. The van der Waals surface area contributed by atoms with Gasteiger partial charge in [-0.15, -0.1) is 0 Å². The van der Waals surface area contributed by atoms with Crippen LogP contribution in [0.25, 0.3) is 10.8 Å². The third-order valence-electron chi connectivity index (χ3n) is 4.38. The van der Waals surface area contributed by atoms with Crippen molar-refractivity contribution in [2.45, 2.75) is 25.3 Å². The molecule has 3 rings (SSSR count). The van der Waals surface area contributed by atoms with Crippen LogP contribution in [0.2, 0.25) is 0 Å². The van der Waals surface area contributed by atoms with Gasteiger partial charge in [0.1, 0.15) is 12.1 Å². The normalized spacial score (nSPS) is 11.9. The topological polar surface area (TPSA) is 46.2 Å². The van der Waals surface area contributed by atoms with Crippen molar-refractivity contribution < 1.29 is 14.0 Å². The molecule has 1 atom stereocenters. The molecule has 0 aliphatic heterocycles. The van der Waals surface area contributed by atoms with E-state index in [0.717, 1.165) is 28.2 Å². The molecule has 26 heavy (non-hydrogen) atoms. The van der Waals surface area contributed by atoms with Gasteiger partial charge in [0.2, 0.25) is 5.91 Å². The van der Waals surface area contributed by atoms with Gasteiger partial charge in [-0.3, -0.25) is 4.79 Å². The number of benzene rings is 3. The highest BCUT2D eigenvalue weighted by molar-refractivity contribution is 5.86. The molecule has 1 N–H and O–H groups in total. The predicted octanol–water partition coefficient (Wildman–Crippen LogP) is 3.84. The van der Waals surface area contributed by atoms with Crippen LogP contribution in [0, 0.1) is 5.82 Å². The number of fused-ring (bicyclic) bond motifs is 1. The van der Waals surface area contributed by atoms with E-state index in [-0.39, 0.29) is 18.1 Å². The number of aryl methyl sites for hydroxylation is 1. The Hall–Kier alpha value is -3.01. The molecule has 0 aliphatic carbocycles. The van der Waals surface area contributed by atoms with E-state index in [9.17, 15) is 14.0 Å². The van der Waals surface area contributed by atoms with Crippen LogP contribution in [0.1, 0.15) is 17.5 Å². The zero-order chi connectivity index (χ0) is 18.4. The lowest BCUT2D eigenvalue weighted by Gasteiger charge is -2.14. The minimum atomic E-state index is -0.568. The van der Waals surface area contributed by atoms with E-state index in [4.69, 9.17) is 0 Å². The monoisotopic (exact) mass is 349 g/mol. The molecule has 0 aliphatic rings. The van der Waals surface area contributed by atoms with Crippen molar-refractivity contribution in [2.75, 3.05) is 0 Å². The standard InChI is InChI=1S/C22H20FNO2/c23-19-11-8-16(9-12-19)10-13-22(26)24-20(15-25)14-18-6-3-5-17-4-1-2-7-21(17)18/h1-9,11-12,15,20H,10,13-14H2,(H,24,26)/t20-/m0/s1. The van der Waals surface area contributed by atoms with Crippen LogP contribution in [0.5, 0.6) is 0 Å². The lowest BCUT2D eigenvalue weighted by atomic mass is 9.99. The van der Waals surface area contributed by atoms with E-state index < -0.39 is 6.04 Å². The molecule has 3 nitrogen and oxygen atoms in total. The lowest BCUT2D eigenvalue weighted by Crippen LogP contribution is -2.37. The van der Waals surface area contributed by atoms with Crippen LogP contribution in [0.15, 0.2) is 66.7 Å². The molecule has 0 saturated carbocycles. The number of carbonyl (C=O) groups is 2. The third-order valence-corrected chi connectivity index (χ3v) is 4.38. The number of nitrogens with one attached hydrogen (secondary N) is 1. The molecule has 0 fully saturated rings. The molecule has 0 unspecified atom stereocenters. The minimum Gasteiger partial charge on any atom is -0.346 e. The van der Waals surface area contributed by atoms with Crippen molar-refractivity contribution in [3.8, 4) is 0 Å². The fourth-order valence-electron chi connectivity index (χ4n) is 3.03. The zero-order valence-corrected chi connectivity index (χ0v) is 14.3. The summed E-state index contributed by atoms with van der Waals surface area (Å²) in [6.45, 7) is 0. The quantitative estimate of drug-likeness (QED) is 0.659. The Morgan fingerprint density at radius 3 is 2.50 bits per heavy atom. The summed E-state index contributed by atoms with van der Waals surface area (Å²) < 4.78 is 12.9. The number of aldehydes is 1. The van der Waals surface area contributed by atoms with Crippen molar-refractivity contribution in [2.24, 2.45) is 0 Å². The van der Waals surface area contributed by atoms with Crippen LogP contribution in [0.3, 0.4) is 0 Å². The number of halogens is 1. The second-order valence-corrected chi connectivity index (χ2v) is 6.28. The highest BCUT2D eigenvalue weighted by Crippen LogP contribution is 2.19. The molecule has 0 spiro atoms. The van der Waals surface area contributed by atoms with Crippen molar-refractivity contribution in [3.05, 3.63) is 83.7 Å². The Morgan fingerprint density at radius 1 is 1.00 bits per heavy atom. The fraction of sp³-hybridized carbons (Fsp3) is 0.182. The molecule has 4 heteroatoms. The van der Waals surface area contributed by atoms with Gasteiger partial charge in [-0.05, 0) is 40.5 Å². The highest BCUT2D eigenvalue weighted by atomic mass is 19.1. The third kappa shape index (κ3) is 4.54. The second-order valence-electron chi connectivity index (χ2n) is 6.28. The first-order valence-electron chi connectivity index (χ1n) is 8.61. The molecular formula is C22H20FNO2. The Balaban J connectivity index is 1.61. The van der Waals surface area contributed by atoms with Crippen molar-refractivity contribution in [3.63, 3.8) is 0 Å². The maximum absolute atomic E-state index is 12.9. The summed E-state index contributed by atoms with van der Waals surface area (Å²) >= 11 is 0. The molecule has 3 aromatic carbocycles. The largest absolute Gasteiger partial charge is 0.346 e. The van der Waals surface area contributed by atoms with Gasteiger partial charge in [0.15, 0.2) is 0 Å². The summed E-state index contributed by atoms with van der Waals surface area (Å²) in [7, 11) is 0. The smallest absolute Gasteiger partial charge is 0.220 e. The predicted molar refractivity (Wildman–Crippen MR) is 100 cm³/mol. The average Bonchev–Trinajstić information content (AvgIpc) is 2.67. The average molecular weight is 349 g/mol. The van der Waals surface area contributed by atoms with Crippen molar-refractivity contribution >= 4 is 23.0 Å². The summed E-state index contributed by atoms with van der Waals surface area (Å²) in [5.74, 6) is -0.485. The summed E-state index contributed by atoms with van der Waals surface area (Å²) in [6, 6.07) is 19.4.